The van der Waals surface area contributed by atoms with Crippen LogP contribution in [0.25, 0.3) is 11.0 Å². The predicted molar refractivity (Wildman–Crippen MR) is 97.0 cm³/mol. The van der Waals surface area contributed by atoms with Crippen LogP contribution in [-0.2, 0) is 0 Å². The van der Waals surface area contributed by atoms with E-state index in [0.717, 1.165) is 34.1 Å². The molecule has 0 aliphatic carbocycles. The number of carbonyl (C=O) groups excluding carboxylic acids is 1. The van der Waals surface area contributed by atoms with Crippen molar-refractivity contribution in [1.82, 2.24) is 14.1 Å². The van der Waals surface area contributed by atoms with Gasteiger partial charge in [-0.05, 0) is 67.5 Å². The van der Waals surface area contributed by atoms with Crippen LogP contribution < -0.4 is 10.6 Å². The van der Waals surface area contributed by atoms with E-state index < -0.39 is 0 Å². The second-order valence-corrected chi connectivity index (χ2v) is 6.19. The molecule has 1 amide bonds. The Balaban J connectivity index is 1.70. The summed E-state index contributed by atoms with van der Waals surface area (Å²) in [5.74, 6) is -0.276. The van der Waals surface area contributed by atoms with Crippen molar-refractivity contribution in [3.05, 3.63) is 53.1 Å². The summed E-state index contributed by atoms with van der Waals surface area (Å²) >= 11 is 6.33. The van der Waals surface area contributed by atoms with E-state index in [0.29, 0.717) is 11.1 Å². The van der Waals surface area contributed by atoms with Crippen LogP contribution in [0.4, 0.5) is 5.69 Å². The topological polar surface area (TPSA) is 66.9 Å². The number of amides is 1. The molecule has 0 fully saturated rings. The molecular formula is C16H14N4OS2. The van der Waals surface area contributed by atoms with Crippen LogP contribution in [0, 0.1) is 13.8 Å². The molecule has 0 aliphatic rings. The second-order valence-electron chi connectivity index (χ2n) is 5.25. The van der Waals surface area contributed by atoms with Gasteiger partial charge in [-0.15, -0.1) is 0 Å². The van der Waals surface area contributed by atoms with Crippen molar-refractivity contribution in [2.24, 2.45) is 0 Å². The first-order valence-corrected chi connectivity index (χ1v) is 8.08. The Labute approximate surface area is 143 Å². The molecule has 1 aromatic heterocycles. The molecule has 23 heavy (non-hydrogen) atoms. The van der Waals surface area contributed by atoms with Gasteiger partial charge in [0.25, 0.3) is 5.91 Å². The zero-order valence-corrected chi connectivity index (χ0v) is 14.2. The minimum atomic E-state index is -0.276. The molecule has 3 rings (SSSR count). The van der Waals surface area contributed by atoms with Crippen LogP contribution in [0.15, 0.2) is 36.4 Å². The van der Waals surface area contributed by atoms with Gasteiger partial charge in [0.1, 0.15) is 11.0 Å². The van der Waals surface area contributed by atoms with Gasteiger partial charge in [-0.2, -0.15) is 8.75 Å². The normalized spacial score (nSPS) is 10.5. The first kappa shape index (κ1) is 15.5. The lowest BCUT2D eigenvalue weighted by Crippen LogP contribution is -2.34. The highest BCUT2D eigenvalue weighted by molar-refractivity contribution is 7.80. The SMILES string of the molecule is Cc1cc(C)cc(NC(=S)NC(=O)c2ccc3nsnc3c2)c1. The molecule has 0 saturated heterocycles. The molecule has 0 spiro atoms. The number of nitrogens with one attached hydrogen (secondary N) is 2. The van der Waals surface area contributed by atoms with Gasteiger partial charge < -0.3 is 5.32 Å². The molecule has 7 heteroatoms. The van der Waals surface area contributed by atoms with E-state index in [4.69, 9.17) is 12.2 Å². The highest BCUT2D eigenvalue weighted by Gasteiger charge is 2.10. The lowest BCUT2D eigenvalue weighted by Gasteiger charge is -2.11. The van der Waals surface area contributed by atoms with Gasteiger partial charge in [0.05, 0.1) is 11.7 Å². The van der Waals surface area contributed by atoms with Crippen molar-refractivity contribution < 1.29 is 4.79 Å². The van der Waals surface area contributed by atoms with Crippen molar-refractivity contribution in [2.45, 2.75) is 13.8 Å². The number of thiocarbonyl (C=S) groups is 1. The molecule has 0 unspecified atom stereocenters. The largest absolute Gasteiger partial charge is 0.332 e. The standard InChI is InChI=1S/C16H14N4OS2/c1-9-5-10(2)7-12(6-9)17-16(22)18-15(21)11-3-4-13-14(8-11)20-23-19-13/h3-8H,1-2H3,(H2,17,18,21,22). The summed E-state index contributed by atoms with van der Waals surface area (Å²) in [6.07, 6.45) is 0. The fraction of sp³-hybridized carbons (Fsp3) is 0.125. The van der Waals surface area contributed by atoms with E-state index in [2.05, 4.69) is 25.4 Å². The van der Waals surface area contributed by atoms with Crippen LogP contribution >= 0.6 is 23.9 Å². The van der Waals surface area contributed by atoms with Gasteiger partial charge in [0.2, 0.25) is 0 Å². The van der Waals surface area contributed by atoms with Gasteiger partial charge >= 0.3 is 0 Å². The maximum absolute atomic E-state index is 12.3. The second kappa shape index (κ2) is 6.39. The van der Waals surface area contributed by atoms with Crippen LogP contribution in [0.3, 0.4) is 0 Å². The first-order valence-electron chi connectivity index (χ1n) is 6.94. The van der Waals surface area contributed by atoms with Crippen molar-refractivity contribution in [1.29, 1.82) is 0 Å². The fourth-order valence-corrected chi connectivity index (χ4v) is 3.04. The Morgan fingerprint density at radius 2 is 1.74 bits per heavy atom. The van der Waals surface area contributed by atoms with Crippen molar-refractivity contribution in [3.63, 3.8) is 0 Å². The average molecular weight is 342 g/mol. The van der Waals surface area contributed by atoms with Gasteiger partial charge in [0.15, 0.2) is 5.11 Å². The van der Waals surface area contributed by atoms with E-state index >= 15 is 0 Å². The maximum atomic E-state index is 12.3. The molecule has 0 aliphatic heterocycles. The van der Waals surface area contributed by atoms with Crippen molar-refractivity contribution in [3.8, 4) is 0 Å². The Kier molecular flexibility index (Phi) is 4.31. The highest BCUT2D eigenvalue weighted by Crippen LogP contribution is 2.15. The first-order chi connectivity index (χ1) is 11.0. The highest BCUT2D eigenvalue weighted by atomic mass is 32.1. The van der Waals surface area contributed by atoms with Gasteiger partial charge in [0, 0.05) is 11.3 Å². The fourth-order valence-electron chi connectivity index (χ4n) is 2.31. The number of aryl methyl sites for hydroxylation is 2. The van der Waals surface area contributed by atoms with Crippen LogP contribution in [0.2, 0.25) is 0 Å². The van der Waals surface area contributed by atoms with E-state index in [1.165, 1.54) is 0 Å². The molecular weight excluding hydrogens is 328 g/mol. The van der Waals surface area contributed by atoms with E-state index in [-0.39, 0.29) is 11.0 Å². The van der Waals surface area contributed by atoms with Gasteiger partial charge in [-0.25, -0.2) is 0 Å². The summed E-state index contributed by atoms with van der Waals surface area (Å²) in [5.41, 5.74) is 5.09. The number of fused-ring (bicyclic) bond motifs is 1. The summed E-state index contributed by atoms with van der Waals surface area (Å²) in [7, 11) is 0. The monoisotopic (exact) mass is 342 g/mol. The molecule has 3 aromatic rings. The van der Waals surface area contributed by atoms with Gasteiger partial charge in [-0.1, -0.05) is 6.07 Å². The molecule has 2 aromatic carbocycles. The molecule has 2 N–H and O–H groups in total. The van der Waals surface area contributed by atoms with Gasteiger partial charge in [-0.3, -0.25) is 10.1 Å². The third-order valence-electron chi connectivity index (χ3n) is 3.22. The van der Waals surface area contributed by atoms with E-state index in [1.54, 1.807) is 18.2 Å². The van der Waals surface area contributed by atoms with Crippen molar-refractivity contribution in [2.75, 3.05) is 5.32 Å². The summed E-state index contributed by atoms with van der Waals surface area (Å²) in [5, 5.41) is 5.97. The number of aromatic nitrogens is 2. The number of hydrogen-bond donors (Lipinski definition) is 2. The molecule has 1 heterocycles. The number of anilines is 1. The van der Waals surface area contributed by atoms with E-state index in [9.17, 15) is 4.79 Å². The number of rotatable bonds is 2. The third-order valence-corrected chi connectivity index (χ3v) is 3.98. The average Bonchev–Trinajstić information content (AvgIpc) is 2.93. The minimum absolute atomic E-state index is 0.261. The summed E-state index contributed by atoms with van der Waals surface area (Å²) in [4.78, 5) is 12.3. The molecule has 5 nitrogen and oxygen atoms in total. The molecule has 0 bridgehead atoms. The van der Waals surface area contributed by atoms with Crippen molar-refractivity contribution >= 4 is 51.7 Å². The third kappa shape index (κ3) is 3.69. The zero-order valence-electron chi connectivity index (χ0n) is 12.6. The minimum Gasteiger partial charge on any atom is -0.332 e. The number of hydrogen-bond acceptors (Lipinski definition) is 5. The predicted octanol–water partition coefficient (Wildman–Crippen LogP) is 3.43. The Hall–Kier alpha value is -2.38. The zero-order chi connectivity index (χ0) is 16.4. The lowest BCUT2D eigenvalue weighted by atomic mass is 10.1. The van der Waals surface area contributed by atoms with Crippen LogP contribution in [0.1, 0.15) is 21.5 Å². The van der Waals surface area contributed by atoms with Crippen LogP contribution in [-0.4, -0.2) is 19.8 Å². The number of nitrogens with zero attached hydrogens (tertiary/aromatic N) is 2. The lowest BCUT2D eigenvalue weighted by molar-refractivity contribution is 0.0978. The summed E-state index contributed by atoms with van der Waals surface area (Å²) < 4.78 is 8.24. The Morgan fingerprint density at radius 3 is 2.48 bits per heavy atom. The van der Waals surface area contributed by atoms with E-state index in [1.807, 2.05) is 26.0 Å². The number of carbonyl (C=O) groups is 1. The smallest absolute Gasteiger partial charge is 0.257 e. The van der Waals surface area contributed by atoms with Crippen LogP contribution in [0.5, 0.6) is 0 Å². The summed E-state index contributed by atoms with van der Waals surface area (Å²) in [6, 6.07) is 11.2. The molecule has 116 valence electrons. The summed E-state index contributed by atoms with van der Waals surface area (Å²) in [6.45, 7) is 4.02. The maximum Gasteiger partial charge on any atom is 0.257 e. The quantitative estimate of drug-likeness (QED) is 0.699. The molecule has 0 atom stereocenters. The molecule has 0 radical (unpaired) electrons. The number of benzene rings is 2. The Bertz CT molecular complexity index is 884. The Morgan fingerprint density at radius 1 is 1.04 bits per heavy atom. The molecule has 0 saturated carbocycles.